The van der Waals surface area contributed by atoms with Gasteiger partial charge in [0.25, 0.3) is 0 Å². The smallest absolute Gasteiger partial charge is 0.229 e. The second kappa shape index (κ2) is 5.45. The van der Waals surface area contributed by atoms with Gasteiger partial charge in [0, 0.05) is 39.8 Å². The average molecular weight is 251 g/mol. The molecule has 100 valence electrons. The Hall–Kier alpha value is -1.47. The minimum Gasteiger partial charge on any atom is -0.368 e. The highest BCUT2D eigenvalue weighted by Crippen LogP contribution is 2.10. The van der Waals surface area contributed by atoms with Gasteiger partial charge in [-0.05, 0) is 6.92 Å². The van der Waals surface area contributed by atoms with Crippen molar-refractivity contribution in [3.8, 4) is 0 Å². The topological polar surface area (TPSA) is 83.2 Å². The van der Waals surface area contributed by atoms with Crippen molar-refractivity contribution >= 4 is 11.9 Å². The highest BCUT2D eigenvalue weighted by atomic mass is 15.3. The zero-order chi connectivity index (χ0) is 13.1. The standard InChI is InChI=1S/C11H21N7/c1-8-6-13-4-5-18(8)7-9-14-10(12)16-11(15-9)17(2)3/h8,13H,4-7H2,1-3H3,(H2,12,14,15,16). The van der Waals surface area contributed by atoms with Crippen molar-refractivity contribution in [3.63, 3.8) is 0 Å². The lowest BCUT2D eigenvalue weighted by Gasteiger charge is -2.33. The molecule has 0 aliphatic carbocycles. The lowest BCUT2D eigenvalue weighted by molar-refractivity contribution is 0.161. The Bertz CT molecular complexity index is 406. The van der Waals surface area contributed by atoms with Crippen molar-refractivity contribution < 1.29 is 0 Å². The van der Waals surface area contributed by atoms with Gasteiger partial charge in [0.05, 0.1) is 6.54 Å². The van der Waals surface area contributed by atoms with Gasteiger partial charge >= 0.3 is 0 Å². The van der Waals surface area contributed by atoms with Gasteiger partial charge in [-0.15, -0.1) is 0 Å². The molecule has 1 aliphatic rings. The van der Waals surface area contributed by atoms with Crippen LogP contribution in [0.2, 0.25) is 0 Å². The summed E-state index contributed by atoms with van der Waals surface area (Å²) in [6, 6.07) is 0.486. The molecule has 7 nitrogen and oxygen atoms in total. The van der Waals surface area contributed by atoms with E-state index in [1.807, 2.05) is 19.0 Å². The van der Waals surface area contributed by atoms with E-state index in [1.165, 1.54) is 0 Å². The number of nitrogens with one attached hydrogen (secondary N) is 1. The fourth-order valence-electron chi connectivity index (χ4n) is 2.00. The Kier molecular flexibility index (Phi) is 3.93. The number of rotatable bonds is 3. The Morgan fingerprint density at radius 1 is 1.39 bits per heavy atom. The van der Waals surface area contributed by atoms with Crippen molar-refractivity contribution in [2.45, 2.75) is 19.5 Å². The third-order valence-electron chi connectivity index (χ3n) is 3.07. The molecule has 0 bridgehead atoms. The van der Waals surface area contributed by atoms with Crippen LogP contribution in [0.1, 0.15) is 12.7 Å². The number of aromatic nitrogens is 3. The van der Waals surface area contributed by atoms with Crippen molar-refractivity contribution in [2.24, 2.45) is 0 Å². The van der Waals surface area contributed by atoms with Gasteiger partial charge in [-0.3, -0.25) is 4.90 Å². The summed E-state index contributed by atoms with van der Waals surface area (Å²) in [7, 11) is 3.79. The van der Waals surface area contributed by atoms with Gasteiger partial charge in [0.1, 0.15) is 5.82 Å². The molecule has 3 N–H and O–H groups in total. The van der Waals surface area contributed by atoms with E-state index in [0.29, 0.717) is 12.0 Å². The summed E-state index contributed by atoms with van der Waals surface area (Å²) >= 11 is 0. The summed E-state index contributed by atoms with van der Waals surface area (Å²) in [4.78, 5) is 16.9. The predicted molar refractivity (Wildman–Crippen MR) is 71.3 cm³/mol. The summed E-state index contributed by atoms with van der Waals surface area (Å²) < 4.78 is 0. The van der Waals surface area contributed by atoms with Crippen molar-refractivity contribution in [2.75, 3.05) is 44.4 Å². The Morgan fingerprint density at radius 2 is 2.17 bits per heavy atom. The molecule has 0 saturated carbocycles. The van der Waals surface area contributed by atoms with E-state index in [-0.39, 0.29) is 5.95 Å². The number of piperazine rings is 1. The third kappa shape index (κ3) is 3.05. The highest BCUT2D eigenvalue weighted by molar-refractivity contribution is 5.32. The van der Waals surface area contributed by atoms with E-state index < -0.39 is 0 Å². The van der Waals surface area contributed by atoms with Gasteiger partial charge in [0.15, 0.2) is 0 Å². The number of nitrogens with two attached hydrogens (primary N) is 1. The highest BCUT2D eigenvalue weighted by Gasteiger charge is 2.19. The first-order chi connectivity index (χ1) is 8.56. The normalized spacial score (nSPS) is 20.9. The van der Waals surface area contributed by atoms with Crippen molar-refractivity contribution in [3.05, 3.63) is 5.82 Å². The van der Waals surface area contributed by atoms with Crippen LogP contribution in [0.25, 0.3) is 0 Å². The fraction of sp³-hybridized carbons (Fsp3) is 0.727. The van der Waals surface area contributed by atoms with Crippen LogP contribution in [0.15, 0.2) is 0 Å². The van der Waals surface area contributed by atoms with E-state index in [2.05, 4.69) is 32.1 Å². The van der Waals surface area contributed by atoms with Crippen LogP contribution < -0.4 is 16.0 Å². The lowest BCUT2D eigenvalue weighted by Crippen LogP contribution is -2.49. The number of nitrogen functional groups attached to an aromatic ring is 1. The monoisotopic (exact) mass is 251 g/mol. The van der Waals surface area contributed by atoms with Crippen LogP contribution in [0.5, 0.6) is 0 Å². The molecule has 1 saturated heterocycles. The van der Waals surface area contributed by atoms with Crippen LogP contribution in [0, 0.1) is 0 Å². The molecular formula is C11H21N7. The molecule has 1 unspecified atom stereocenters. The molecule has 18 heavy (non-hydrogen) atoms. The summed E-state index contributed by atoms with van der Waals surface area (Å²) in [5.74, 6) is 1.63. The molecule has 0 amide bonds. The number of nitrogens with zero attached hydrogens (tertiary/aromatic N) is 5. The largest absolute Gasteiger partial charge is 0.368 e. The lowest BCUT2D eigenvalue weighted by atomic mass is 10.2. The van der Waals surface area contributed by atoms with Crippen molar-refractivity contribution in [1.29, 1.82) is 0 Å². The molecule has 2 heterocycles. The molecule has 1 aliphatic heterocycles. The number of anilines is 2. The Balaban J connectivity index is 2.12. The molecule has 1 atom stereocenters. The molecule has 1 fully saturated rings. The SMILES string of the molecule is CC1CNCCN1Cc1nc(N)nc(N(C)C)n1. The second-order valence-electron chi connectivity index (χ2n) is 4.83. The first kappa shape index (κ1) is 13.0. The molecule has 0 spiro atoms. The average Bonchev–Trinajstić information content (AvgIpc) is 2.31. The zero-order valence-corrected chi connectivity index (χ0v) is 11.2. The Morgan fingerprint density at radius 3 is 2.83 bits per heavy atom. The minimum absolute atomic E-state index is 0.284. The van der Waals surface area contributed by atoms with Crippen LogP contribution in [-0.4, -0.2) is 59.6 Å². The van der Waals surface area contributed by atoms with E-state index in [1.54, 1.807) is 0 Å². The first-order valence-electron chi connectivity index (χ1n) is 6.19. The van der Waals surface area contributed by atoms with E-state index >= 15 is 0 Å². The molecule has 1 aromatic heterocycles. The van der Waals surface area contributed by atoms with E-state index in [4.69, 9.17) is 5.73 Å². The molecule has 7 heteroatoms. The van der Waals surface area contributed by atoms with Crippen LogP contribution in [0.3, 0.4) is 0 Å². The quantitative estimate of drug-likeness (QED) is 0.736. The summed E-state index contributed by atoms with van der Waals surface area (Å²) in [5.41, 5.74) is 5.72. The second-order valence-corrected chi connectivity index (χ2v) is 4.83. The van der Waals surface area contributed by atoms with Gasteiger partial charge in [0.2, 0.25) is 11.9 Å². The van der Waals surface area contributed by atoms with Crippen LogP contribution in [-0.2, 0) is 6.54 Å². The Labute approximate surface area is 107 Å². The summed E-state index contributed by atoms with van der Waals surface area (Å²) in [6.45, 7) is 5.93. The maximum Gasteiger partial charge on any atom is 0.229 e. The predicted octanol–water partition coefficient (Wildman–Crippen LogP) is -0.686. The maximum atomic E-state index is 5.72. The number of hydrogen-bond donors (Lipinski definition) is 2. The molecule has 2 rings (SSSR count). The first-order valence-corrected chi connectivity index (χ1v) is 6.19. The van der Waals surface area contributed by atoms with Crippen molar-refractivity contribution in [1.82, 2.24) is 25.2 Å². The minimum atomic E-state index is 0.284. The third-order valence-corrected chi connectivity index (χ3v) is 3.07. The maximum absolute atomic E-state index is 5.72. The summed E-state index contributed by atoms with van der Waals surface area (Å²) in [6.07, 6.45) is 0. The van der Waals surface area contributed by atoms with Gasteiger partial charge in [-0.25, -0.2) is 0 Å². The van der Waals surface area contributed by atoms with Gasteiger partial charge in [-0.2, -0.15) is 15.0 Å². The van der Waals surface area contributed by atoms with Crippen LogP contribution >= 0.6 is 0 Å². The fourth-order valence-corrected chi connectivity index (χ4v) is 2.00. The van der Waals surface area contributed by atoms with E-state index in [0.717, 1.165) is 32.0 Å². The molecule has 0 radical (unpaired) electrons. The molecule has 1 aromatic rings. The molecular weight excluding hydrogens is 230 g/mol. The van der Waals surface area contributed by atoms with Gasteiger partial charge in [-0.1, -0.05) is 0 Å². The summed E-state index contributed by atoms with van der Waals surface area (Å²) in [5, 5.41) is 3.36. The zero-order valence-electron chi connectivity index (χ0n) is 11.2. The van der Waals surface area contributed by atoms with Crippen LogP contribution in [0.4, 0.5) is 11.9 Å². The van der Waals surface area contributed by atoms with E-state index in [9.17, 15) is 0 Å². The molecule has 0 aromatic carbocycles. The number of hydrogen-bond acceptors (Lipinski definition) is 7. The van der Waals surface area contributed by atoms with Gasteiger partial charge < -0.3 is 16.0 Å².